The van der Waals surface area contributed by atoms with Crippen molar-refractivity contribution in [1.82, 2.24) is 5.32 Å². The standard InChI is InChI=1S/C22H27N3O7S/c1-15-6-8-18(25(27)28)14-19(15)24(33(3,29)30)10-4-5-22(26)23-16(2)17-7-9-20-21(13-17)32-12-11-31-20/h6-9,13-14,16H,4-5,10-12H2,1-3H3,(H,23,26)/t16-/m0/s1. The molecule has 10 nitrogen and oxygen atoms in total. The fourth-order valence-corrected chi connectivity index (χ4v) is 4.57. The number of nitrogens with zero attached hydrogens (tertiary/aromatic N) is 2. The second-order valence-corrected chi connectivity index (χ2v) is 9.77. The lowest BCUT2D eigenvalue weighted by Gasteiger charge is -2.24. The molecule has 1 aliphatic rings. The third kappa shape index (κ3) is 6.13. The monoisotopic (exact) mass is 477 g/mol. The number of benzene rings is 2. The number of sulfonamides is 1. The highest BCUT2D eigenvalue weighted by molar-refractivity contribution is 7.92. The molecule has 0 fully saturated rings. The first kappa shape index (κ1) is 24.3. The summed E-state index contributed by atoms with van der Waals surface area (Å²) < 4.78 is 36.9. The molecule has 1 amide bonds. The number of hydrogen-bond donors (Lipinski definition) is 1. The van der Waals surface area contributed by atoms with Crippen molar-refractivity contribution in [3.05, 3.63) is 57.6 Å². The van der Waals surface area contributed by atoms with Gasteiger partial charge in [-0.25, -0.2) is 8.42 Å². The summed E-state index contributed by atoms with van der Waals surface area (Å²) in [6.45, 7) is 4.52. The Bertz CT molecular complexity index is 1150. The Morgan fingerprint density at radius 1 is 1.18 bits per heavy atom. The Morgan fingerprint density at radius 2 is 1.88 bits per heavy atom. The first-order chi connectivity index (χ1) is 15.6. The molecule has 0 spiro atoms. The van der Waals surface area contributed by atoms with Gasteiger partial charge in [-0.2, -0.15) is 0 Å². The smallest absolute Gasteiger partial charge is 0.271 e. The molecular weight excluding hydrogens is 450 g/mol. The van der Waals surface area contributed by atoms with E-state index in [0.29, 0.717) is 30.3 Å². The number of nitro benzene ring substituents is 1. The van der Waals surface area contributed by atoms with Crippen molar-refractivity contribution >= 4 is 27.3 Å². The number of fused-ring (bicyclic) bond motifs is 1. The minimum absolute atomic E-state index is 0.0205. The van der Waals surface area contributed by atoms with Crippen LogP contribution >= 0.6 is 0 Å². The number of amides is 1. The number of hydrogen-bond acceptors (Lipinski definition) is 7. The van der Waals surface area contributed by atoms with Gasteiger partial charge in [0.15, 0.2) is 11.5 Å². The molecule has 1 heterocycles. The van der Waals surface area contributed by atoms with Crippen molar-refractivity contribution in [3.63, 3.8) is 0 Å². The summed E-state index contributed by atoms with van der Waals surface area (Å²) in [7, 11) is -3.70. The topological polar surface area (TPSA) is 128 Å². The summed E-state index contributed by atoms with van der Waals surface area (Å²) in [6, 6.07) is 9.28. The van der Waals surface area contributed by atoms with Crippen LogP contribution in [-0.4, -0.2) is 45.3 Å². The highest BCUT2D eigenvalue weighted by atomic mass is 32.2. The molecule has 1 N–H and O–H groups in total. The summed E-state index contributed by atoms with van der Waals surface area (Å²) in [5.41, 5.74) is 1.48. The van der Waals surface area contributed by atoms with Gasteiger partial charge in [0.1, 0.15) is 13.2 Å². The summed E-state index contributed by atoms with van der Waals surface area (Å²) in [5.74, 6) is 1.07. The number of carbonyl (C=O) groups excluding carboxylic acids is 1. The van der Waals surface area contributed by atoms with Crippen LogP contribution in [-0.2, 0) is 14.8 Å². The molecule has 0 radical (unpaired) electrons. The van der Waals surface area contributed by atoms with Gasteiger partial charge in [-0.15, -0.1) is 0 Å². The van der Waals surface area contributed by atoms with E-state index in [4.69, 9.17) is 9.47 Å². The Morgan fingerprint density at radius 3 is 2.55 bits per heavy atom. The van der Waals surface area contributed by atoms with E-state index in [2.05, 4.69) is 5.32 Å². The number of anilines is 1. The number of aryl methyl sites for hydroxylation is 1. The molecule has 1 aliphatic heterocycles. The van der Waals surface area contributed by atoms with Crippen LogP contribution in [0.25, 0.3) is 0 Å². The molecule has 1 atom stereocenters. The van der Waals surface area contributed by atoms with Gasteiger partial charge in [0.2, 0.25) is 15.9 Å². The Labute approximate surface area is 192 Å². The van der Waals surface area contributed by atoms with Crippen LogP contribution in [0.2, 0.25) is 0 Å². The van der Waals surface area contributed by atoms with E-state index in [0.717, 1.165) is 16.1 Å². The number of non-ortho nitro benzene ring substituents is 1. The van der Waals surface area contributed by atoms with Crippen LogP contribution in [0.4, 0.5) is 11.4 Å². The predicted molar refractivity (Wildman–Crippen MR) is 123 cm³/mol. The minimum Gasteiger partial charge on any atom is -0.486 e. The van der Waals surface area contributed by atoms with E-state index in [1.54, 1.807) is 13.0 Å². The average molecular weight is 478 g/mol. The van der Waals surface area contributed by atoms with E-state index in [1.807, 2.05) is 19.1 Å². The molecule has 0 aromatic heterocycles. The van der Waals surface area contributed by atoms with Crippen molar-refractivity contribution in [2.24, 2.45) is 0 Å². The SMILES string of the molecule is Cc1ccc([N+](=O)[O-])cc1N(CCCC(=O)N[C@@H](C)c1ccc2c(c1)OCCO2)S(C)(=O)=O. The highest BCUT2D eigenvalue weighted by Gasteiger charge is 2.22. The van der Waals surface area contributed by atoms with E-state index in [1.165, 1.54) is 18.2 Å². The number of nitro groups is 1. The predicted octanol–water partition coefficient (Wildman–Crippen LogP) is 3.10. The number of rotatable bonds is 9. The number of ether oxygens (including phenoxy) is 2. The fraction of sp³-hybridized carbons (Fsp3) is 0.409. The van der Waals surface area contributed by atoms with Crippen LogP contribution in [0.15, 0.2) is 36.4 Å². The van der Waals surface area contributed by atoms with Crippen molar-refractivity contribution < 1.29 is 27.6 Å². The van der Waals surface area contributed by atoms with Gasteiger partial charge in [0, 0.05) is 25.1 Å². The first-order valence-electron chi connectivity index (χ1n) is 10.5. The zero-order valence-corrected chi connectivity index (χ0v) is 19.6. The van der Waals surface area contributed by atoms with Crippen LogP contribution in [0.5, 0.6) is 11.5 Å². The quantitative estimate of drug-likeness (QED) is 0.434. The number of carbonyl (C=O) groups is 1. The molecule has 0 bridgehead atoms. The average Bonchev–Trinajstić information content (AvgIpc) is 2.76. The Hall–Kier alpha value is -3.34. The van der Waals surface area contributed by atoms with Crippen molar-refractivity contribution in [3.8, 4) is 11.5 Å². The van der Waals surface area contributed by atoms with Crippen LogP contribution in [0, 0.1) is 17.0 Å². The molecule has 0 aliphatic carbocycles. The van der Waals surface area contributed by atoms with Gasteiger partial charge in [-0.05, 0) is 43.5 Å². The summed E-state index contributed by atoms with van der Waals surface area (Å²) in [6.07, 6.45) is 1.37. The lowest BCUT2D eigenvalue weighted by molar-refractivity contribution is -0.384. The number of nitrogens with one attached hydrogen (secondary N) is 1. The van der Waals surface area contributed by atoms with Gasteiger partial charge in [-0.1, -0.05) is 12.1 Å². The highest BCUT2D eigenvalue weighted by Crippen LogP contribution is 2.32. The van der Waals surface area contributed by atoms with Gasteiger partial charge >= 0.3 is 0 Å². The maximum Gasteiger partial charge on any atom is 0.271 e. The molecule has 2 aromatic rings. The molecule has 0 saturated carbocycles. The molecule has 2 aromatic carbocycles. The third-order valence-electron chi connectivity index (χ3n) is 5.28. The lowest BCUT2D eigenvalue weighted by Crippen LogP contribution is -2.33. The van der Waals surface area contributed by atoms with E-state index in [9.17, 15) is 23.3 Å². The van der Waals surface area contributed by atoms with Gasteiger partial charge < -0.3 is 14.8 Å². The normalized spacial score (nSPS) is 13.8. The molecular formula is C22H27N3O7S. The molecule has 11 heteroatoms. The summed E-state index contributed by atoms with van der Waals surface area (Å²) in [4.78, 5) is 23.0. The van der Waals surface area contributed by atoms with E-state index in [-0.39, 0.29) is 42.7 Å². The fourth-order valence-electron chi connectivity index (χ4n) is 3.55. The lowest BCUT2D eigenvalue weighted by atomic mass is 10.1. The largest absolute Gasteiger partial charge is 0.486 e. The van der Waals surface area contributed by atoms with Gasteiger partial charge in [0.25, 0.3) is 5.69 Å². The van der Waals surface area contributed by atoms with Gasteiger partial charge in [-0.3, -0.25) is 19.2 Å². The maximum absolute atomic E-state index is 12.5. The van der Waals surface area contributed by atoms with Crippen molar-refractivity contribution in [1.29, 1.82) is 0 Å². The van der Waals surface area contributed by atoms with Crippen molar-refractivity contribution in [2.45, 2.75) is 32.7 Å². The Balaban J connectivity index is 1.62. The third-order valence-corrected chi connectivity index (χ3v) is 6.46. The maximum atomic E-state index is 12.5. The first-order valence-corrected chi connectivity index (χ1v) is 12.3. The van der Waals surface area contributed by atoms with Crippen LogP contribution in [0.3, 0.4) is 0 Å². The zero-order chi connectivity index (χ0) is 24.2. The van der Waals surface area contributed by atoms with Gasteiger partial charge in [0.05, 0.1) is 22.9 Å². The van der Waals surface area contributed by atoms with E-state index < -0.39 is 14.9 Å². The zero-order valence-electron chi connectivity index (χ0n) is 18.7. The Kier molecular flexibility index (Phi) is 7.42. The molecule has 0 unspecified atom stereocenters. The second kappa shape index (κ2) is 10.1. The minimum atomic E-state index is -3.70. The second-order valence-electron chi connectivity index (χ2n) is 7.86. The van der Waals surface area contributed by atoms with E-state index >= 15 is 0 Å². The van der Waals surface area contributed by atoms with Crippen LogP contribution < -0.4 is 19.1 Å². The summed E-state index contributed by atoms with van der Waals surface area (Å²) in [5, 5.41) is 14.0. The molecule has 0 saturated heterocycles. The molecule has 3 rings (SSSR count). The summed E-state index contributed by atoms with van der Waals surface area (Å²) >= 11 is 0. The molecule has 33 heavy (non-hydrogen) atoms. The molecule has 178 valence electrons. The van der Waals surface area contributed by atoms with Crippen LogP contribution in [0.1, 0.15) is 36.9 Å². The van der Waals surface area contributed by atoms with Crippen molar-refractivity contribution in [2.75, 3.05) is 30.3 Å².